The number of rotatable bonds is 1. The highest BCUT2D eigenvalue weighted by Crippen LogP contribution is 2.38. The Hall–Kier alpha value is -0.920. The number of aryl methyl sites for hydroxylation is 1. The van der Waals surface area contributed by atoms with E-state index in [1.807, 2.05) is 33.0 Å². The van der Waals surface area contributed by atoms with Crippen LogP contribution in [0.1, 0.15) is 44.1 Å². The third-order valence-corrected chi connectivity index (χ3v) is 1.79. The molecule has 0 aromatic carbocycles. The molecule has 1 aliphatic carbocycles. The molecule has 0 spiro atoms. The van der Waals surface area contributed by atoms with Gasteiger partial charge in [0.25, 0.3) is 0 Å². The second kappa shape index (κ2) is 4.19. The molecule has 0 bridgehead atoms. The normalized spacial score (nSPS) is 14.9. The molecule has 0 amide bonds. The van der Waals surface area contributed by atoms with Crippen LogP contribution in [0.5, 0.6) is 0 Å². The van der Waals surface area contributed by atoms with Gasteiger partial charge in [-0.2, -0.15) is 0 Å². The minimum atomic E-state index is 0.752. The fourth-order valence-electron chi connectivity index (χ4n) is 1.08. The summed E-state index contributed by atoms with van der Waals surface area (Å²) in [5.41, 5.74) is 1.23. The average Bonchev–Trinajstić information content (AvgIpc) is 2.90. The van der Waals surface area contributed by atoms with Crippen LogP contribution in [0.25, 0.3) is 0 Å². The van der Waals surface area contributed by atoms with Crippen molar-refractivity contribution < 1.29 is 0 Å². The van der Waals surface area contributed by atoms with Crippen LogP contribution in [-0.2, 0) is 0 Å². The van der Waals surface area contributed by atoms with Crippen molar-refractivity contribution in [2.75, 3.05) is 0 Å². The molecule has 1 aliphatic rings. The Balaban J connectivity index is 0.000000336. The van der Waals surface area contributed by atoms with Crippen molar-refractivity contribution in [2.45, 2.75) is 39.5 Å². The summed E-state index contributed by atoms with van der Waals surface area (Å²) < 4.78 is 0. The van der Waals surface area contributed by atoms with Gasteiger partial charge in [0.1, 0.15) is 5.82 Å². The smallest absolute Gasteiger partial charge is 0.125 e. The zero-order valence-electron chi connectivity index (χ0n) is 8.04. The zero-order chi connectivity index (χ0) is 8.97. The summed E-state index contributed by atoms with van der Waals surface area (Å²) in [5, 5.41) is 0. The highest BCUT2D eigenvalue weighted by molar-refractivity contribution is 5.13. The molecule has 1 heterocycles. The van der Waals surface area contributed by atoms with Crippen molar-refractivity contribution in [3.05, 3.63) is 23.8 Å². The molecular formula is C10H16N2. The van der Waals surface area contributed by atoms with E-state index in [1.54, 1.807) is 0 Å². The largest absolute Gasteiger partial charge is 0.242 e. The minimum Gasteiger partial charge on any atom is -0.242 e. The molecule has 1 fully saturated rings. The Morgan fingerprint density at radius 2 is 2.00 bits per heavy atom. The van der Waals surface area contributed by atoms with Crippen LogP contribution in [-0.4, -0.2) is 9.97 Å². The van der Waals surface area contributed by atoms with Crippen LogP contribution in [0.2, 0.25) is 0 Å². The third-order valence-electron chi connectivity index (χ3n) is 1.79. The first-order valence-corrected chi connectivity index (χ1v) is 4.66. The first-order chi connectivity index (χ1) is 5.86. The molecule has 0 atom stereocenters. The number of hydrogen-bond donors (Lipinski definition) is 0. The first-order valence-electron chi connectivity index (χ1n) is 4.66. The van der Waals surface area contributed by atoms with Gasteiger partial charge in [0.2, 0.25) is 0 Å². The van der Waals surface area contributed by atoms with Gasteiger partial charge in [-0.05, 0) is 25.8 Å². The lowest BCUT2D eigenvalue weighted by Gasteiger charge is -1.95. The van der Waals surface area contributed by atoms with E-state index in [1.165, 1.54) is 18.5 Å². The van der Waals surface area contributed by atoms with Gasteiger partial charge < -0.3 is 0 Å². The van der Waals surface area contributed by atoms with Gasteiger partial charge >= 0.3 is 0 Å². The molecule has 1 saturated carbocycles. The SMILES string of the molecule is CC.Cc1nccc(C2CC2)n1. The number of hydrogen-bond acceptors (Lipinski definition) is 2. The highest BCUT2D eigenvalue weighted by Gasteiger charge is 2.24. The molecule has 2 heteroatoms. The number of nitrogens with zero attached hydrogens (tertiary/aromatic N) is 2. The average molecular weight is 164 g/mol. The second-order valence-corrected chi connectivity index (χ2v) is 2.80. The molecule has 66 valence electrons. The third kappa shape index (κ3) is 2.29. The highest BCUT2D eigenvalue weighted by atomic mass is 14.9. The van der Waals surface area contributed by atoms with Gasteiger partial charge in [-0.25, -0.2) is 9.97 Å². The van der Waals surface area contributed by atoms with Gasteiger partial charge in [0.15, 0.2) is 0 Å². The zero-order valence-corrected chi connectivity index (χ0v) is 8.04. The maximum Gasteiger partial charge on any atom is 0.125 e. The van der Waals surface area contributed by atoms with E-state index >= 15 is 0 Å². The summed E-state index contributed by atoms with van der Waals surface area (Å²) in [4.78, 5) is 8.36. The van der Waals surface area contributed by atoms with Crippen LogP contribution < -0.4 is 0 Å². The molecule has 0 N–H and O–H groups in total. The summed E-state index contributed by atoms with van der Waals surface area (Å²) in [6.45, 7) is 5.94. The fourth-order valence-corrected chi connectivity index (χ4v) is 1.08. The van der Waals surface area contributed by atoms with Crippen molar-refractivity contribution in [2.24, 2.45) is 0 Å². The minimum absolute atomic E-state index is 0.752. The van der Waals surface area contributed by atoms with Gasteiger partial charge in [0, 0.05) is 17.8 Å². The van der Waals surface area contributed by atoms with Gasteiger partial charge in [0.05, 0.1) is 0 Å². The maximum atomic E-state index is 4.32. The van der Waals surface area contributed by atoms with E-state index in [0.717, 1.165) is 11.7 Å². The second-order valence-electron chi connectivity index (χ2n) is 2.80. The summed E-state index contributed by atoms with van der Waals surface area (Å²) in [5.74, 6) is 1.64. The van der Waals surface area contributed by atoms with Crippen LogP contribution in [0.4, 0.5) is 0 Å². The molecule has 2 nitrogen and oxygen atoms in total. The molecular weight excluding hydrogens is 148 g/mol. The lowest BCUT2D eigenvalue weighted by Crippen LogP contribution is -1.90. The fraction of sp³-hybridized carbons (Fsp3) is 0.600. The monoisotopic (exact) mass is 164 g/mol. The maximum absolute atomic E-state index is 4.32. The van der Waals surface area contributed by atoms with Crippen molar-refractivity contribution >= 4 is 0 Å². The summed E-state index contributed by atoms with van der Waals surface area (Å²) in [6.07, 6.45) is 4.48. The summed E-state index contributed by atoms with van der Waals surface area (Å²) in [7, 11) is 0. The van der Waals surface area contributed by atoms with Crippen molar-refractivity contribution in [3.8, 4) is 0 Å². The van der Waals surface area contributed by atoms with Crippen molar-refractivity contribution in [1.29, 1.82) is 0 Å². The summed E-state index contributed by atoms with van der Waals surface area (Å²) >= 11 is 0. The first kappa shape index (κ1) is 9.17. The van der Waals surface area contributed by atoms with Gasteiger partial charge in [-0.1, -0.05) is 13.8 Å². The Morgan fingerprint density at radius 1 is 1.33 bits per heavy atom. The molecule has 12 heavy (non-hydrogen) atoms. The molecule has 0 radical (unpaired) electrons. The van der Waals surface area contributed by atoms with E-state index in [-0.39, 0.29) is 0 Å². The number of aromatic nitrogens is 2. The standard InChI is InChI=1S/C8H10N2.C2H6/c1-6-9-5-4-8(10-6)7-2-3-7;1-2/h4-5,7H,2-3H2,1H3;1-2H3. The van der Waals surface area contributed by atoms with E-state index in [4.69, 9.17) is 0 Å². The molecule has 1 aromatic rings. The molecule has 0 aliphatic heterocycles. The van der Waals surface area contributed by atoms with Crippen LogP contribution in [0, 0.1) is 6.92 Å². The summed E-state index contributed by atoms with van der Waals surface area (Å²) in [6, 6.07) is 2.02. The van der Waals surface area contributed by atoms with Crippen molar-refractivity contribution in [3.63, 3.8) is 0 Å². The van der Waals surface area contributed by atoms with Gasteiger partial charge in [-0.3, -0.25) is 0 Å². The predicted octanol–water partition coefficient (Wildman–Crippen LogP) is 2.69. The van der Waals surface area contributed by atoms with Crippen molar-refractivity contribution in [1.82, 2.24) is 9.97 Å². The quantitative estimate of drug-likeness (QED) is 0.637. The lowest BCUT2D eigenvalue weighted by molar-refractivity contribution is 0.940. The molecule has 1 aromatic heterocycles. The Labute approximate surface area is 74.1 Å². The van der Waals surface area contributed by atoms with Crippen LogP contribution >= 0.6 is 0 Å². The van der Waals surface area contributed by atoms with E-state index < -0.39 is 0 Å². The van der Waals surface area contributed by atoms with E-state index in [0.29, 0.717) is 0 Å². The topological polar surface area (TPSA) is 25.8 Å². The Morgan fingerprint density at radius 3 is 2.50 bits per heavy atom. The Kier molecular flexibility index (Phi) is 3.20. The predicted molar refractivity (Wildman–Crippen MR) is 50.1 cm³/mol. The van der Waals surface area contributed by atoms with Crippen LogP contribution in [0.3, 0.4) is 0 Å². The van der Waals surface area contributed by atoms with E-state index in [2.05, 4.69) is 9.97 Å². The molecule has 0 unspecified atom stereocenters. The van der Waals surface area contributed by atoms with Gasteiger partial charge in [-0.15, -0.1) is 0 Å². The Bertz CT molecular complexity index is 241. The molecule has 2 rings (SSSR count). The molecule has 0 saturated heterocycles. The van der Waals surface area contributed by atoms with Crippen LogP contribution in [0.15, 0.2) is 12.3 Å². The van der Waals surface area contributed by atoms with E-state index in [9.17, 15) is 0 Å². The lowest BCUT2D eigenvalue weighted by atomic mass is 10.3.